The van der Waals surface area contributed by atoms with Crippen molar-refractivity contribution in [2.24, 2.45) is 4.99 Å². The van der Waals surface area contributed by atoms with Gasteiger partial charge in [-0.15, -0.1) is 12.6 Å². The van der Waals surface area contributed by atoms with Crippen molar-refractivity contribution < 1.29 is 8.42 Å². The molecule has 1 unspecified atom stereocenters. The number of nitrogens with one attached hydrogen (secondary N) is 2. The fourth-order valence-electron chi connectivity index (χ4n) is 5.55. The maximum Gasteiger partial charge on any atom is 0.240 e. The lowest BCUT2D eigenvalue weighted by Crippen LogP contribution is -2.38. The van der Waals surface area contributed by atoms with Crippen LogP contribution in [-0.2, 0) is 29.5 Å². The van der Waals surface area contributed by atoms with E-state index in [0.717, 1.165) is 52.5 Å². The van der Waals surface area contributed by atoms with Crippen LogP contribution in [0.2, 0.25) is 0 Å². The number of sulfonamides is 1. The van der Waals surface area contributed by atoms with E-state index < -0.39 is 10.0 Å². The Hall–Kier alpha value is -4.28. The number of hydrogen-bond donors (Lipinski definition) is 3. The standard InChI is InChI=1S/C32H35N5O2S.C6H6S.C2H6/c1-33-31(36-28-12-4-2-5-13-28)24-37(30-16-8-10-27-11-9-21-34-32(27)30)23-26-19-17-25(18-20-26)22-35-40(38,39)29-14-6-3-7-15-29;7-6-4-2-1-3-5-6;1-2/h2-7,9,11-15,17-21,30,35H,8,10,16,22-24H2,1H3,(H,33,36);1-5,7H;1-2H3. The summed E-state index contributed by atoms with van der Waals surface area (Å²) in [6.07, 6.45) is 5.09. The number of nitrogens with zero attached hydrogens (tertiary/aromatic N) is 3. The number of rotatable bonds is 10. The molecule has 7 nitrogen and oxygen atoms in total. The number of pyridine rings is 1. The second-order valence-electron chi connectivity index (χ2n) is 11.3. The Bertz CT molecular complexity index is 1820. The monoisotopic (exact) mass is 693 g/mol. The van der Waals surface area contributed by atoms with Crippen molar-refractivity contribution in [3.05, 3.63) is 156 Å². The van der Waals surface area contributed by atoms with E-state index in [1.54, 1.807) is 30.3 Å². The highest BCUT2D eigenvalue weighted by Crippen LogP contribution is 2.34. The molecular weight excluding hydrogens is 647 g/mol. The zero-order valence-electron chi connectivity index (χ0n) is 28.5. The van der Waals surface area contributed by atoms with E-state index in [1.165, 1.54) is 5.56 Å². The van der Waals surface area contributed by atoms with Crippen molar-refractivity contribution in [3.63, 3.8) is 0 Å². The number of aliphatic imine (C=N–C) groups is 1. The molecule has 0 spiro atoms. The highest BCUT2D eigenvalue weighted by atomic mass is 32.2. The molecule has 1 atom stereocenters. The number of hydrogen-bond acceptors (Lipinski definition) is 6. The molecule has 6 rings (SSSR count). The maximum absolute atomic E-state index is 12.6. The first-order valence-corrected chi connectivity index (χ1v) is 18.7. The Morgan fingerprint density at radius 3 is 2.06 bits per heavy atom. The Labute approximate surface area is 298 Å². The number of aromatic nitrogens is 1. The van der Waals surface area contributed by atoms with Crippen LogP contribution in [-0.4, -0.2) is 37.7 Å². The maximum atomic E-state index is 12.6. The highest BCUT2D eigenvalue weighted by Gasteiger charge is 2.28. The van der Waals surface area contributed by atoms with Gasteiger partial charge in [-0.25, -0.2) is 13.1 Å². The van der Waals surface area contributed by atoms with Crippen LogP contribution in [0.25, 0.3) is 0 Å². The number of thiol groups is 1. The van der Waals surface area contributed by atoms with Gasteiger partial charge in [0, 0.05) is 36.9 Å². The average Bonchev–Trinajstić information content (AvgIpc) is 3.16. The SMILES string of the molecule is CC.CN=C(CN(Cc1ccc(CNS(=O)(=O)c2ccccc2)cc1)C1CCCc2cccnc21)Nc1ccccc1.Sc1ccccc1. The van der Waals surface area contributed by atoms with Gasteiger partial charge in [-0.05, 0) is 78.4 Å². The predicted molar refractivity (Wildman–Crippen MR) is 206 cm³/mol. The number of para-hydroxylation sites is 1. The summed E-state index contributed by atoms with van der Waals surface area (Å²) in [4.78, 5) is 13.1. The molecule has 2 N–H and O–H groups in total. The smallest absolute Gasteiger partial charge is 0.240 e. The Morgan fingerprint density at radius 1 is 0.837 bits per heavy atom. The molecule has 1 aliphatic rings. The molecule has 256 valence electrons. The van der Waals surface area contributed by atoms with Crippen LogP contribution in [0.1, 0.15) is 55.1 Å². The van der Waals surface area contributed by atoms with Crippen LogP contribution >= 0.6 is 12.6 Å². The van der Waals surface area contributed by atoms with Gasteiger partial charge in [-0.2, -0.15) is 0 Å². The molecule has 0 bridgehead atoms. The molecule has 0 saturated heterocycles. The summed E-state index contributed by atoms with van der Waals surface area (Å²) in [5.41, 5.74) is 5.52. The minimum atomic E-state index is -3.56. The van der Waals surface area contributed by atoms with Crippen LogP contribution in [0.5, 0.6) is 0 Å². The van der Waals surface area contributed by atoms with E-state index >= 15 is 0 Å². The van der Waals surface area contributed by atoms with Gasteiger partial charge >= 0.3 is 0 Å². The minimum Gasteiger partial charge on any atom is -0.343 e. The van der Waals surface area contributed by atoms with E-state index in [0.29, 0.717) is 13.1 Å². The summed E-state index contributed by atoms with van der Waals surface area (Å²) in [5, 5.41) is 3.48. The molecule has 4 aromatic carbocycles. The summed E-state index contributed by atoms with van der Waals surface area (Å²) in [7, 11) is -1.74. The second kappa shape index (κ2) is 19.7. The third-order valence-electron chi connectivity index (χ3n) is 7.98. The van der Waals surface area contributed by atoms with Gasteiger partial charge in [0.25, 0.3) is 0 Å². The summed E-state index contributed by atoms with van der Waals surface area (Å²) in [6, 6.07) is 40.9. The molecule has 9 heteroatoms. The second-order valence-corrected chi connectivity index (χ2v) is 13.6. The largest absolute Gasteiger partial charge is 0.343 e. The van der Waals surface area contributed by atoms with Gasteiger partial charge in [0.2, 0.25) is 10.0 Å². The summed E-state index contributed by atoms with van der Waals surface area (Å²) in [6.45, 7) is 5.59. The van der Waals surface area contributed by atoms with E-state index in [9.17, 15) is 8.42 Å². The van der Waals surface area contributed by atoms with Crippen molar-refractivity contribution in [2.45, 2.75) is 62.0 Å². The van der Waals surface area contributed by atoms with Gasteiger partial charge in [0.1, 0.15) is 5.84 Å². The molecule has 0 amide bonds. The normalized spacial score (nSPS) is 14.1. The topological polar surface area (TPSA) is 86.7 Å². The lowest BCUT2D eigenvalue weighted by Gasteiger charge is -2.35. The first-order chi connectivity index (χ1) is 23.9. The van der Waals surface area contributed by atoms with Crippen molar-refractivity contribution in [2.75, 3.05) is 18.9 Å². The average molecular weight is 694 g/mol. The van der Waals surface area contributed by atoms with Gasteiger partial charge in [0.15, 0.2) is 0 Å². The molecular formula is C40H47N5O2S2. The van der Waals surface area contributed by atoms with Crippen LogP contribution in [0.4, 0.5) is 5.69 Å². The molecule has 49 heavy (non-hydrogen) atoms. The molecule has 0 saturated carbocycles. The van der Waals surface area contributed by atoms with Gasteiger partial charge < -0.3 is 5.32 Å². The van der Waals surface area contributed by atoms with Gasteiger partial charge in [-0.1, -0.05) is 98.8 Å². The summed E-state index contributed by atoms with van der Waals surface area (Å²) < 4.78 is 27.9. The fraction of sp³-hybridized carbons (Fsp3) is 0.250. The van der Waals surface area contributed by atoms with E-state index in [2.05, 4.69) is 50.8 Å². The van der Waals surface area contributed by atoms with Gasteiger partial charge in [0.05, 0.1) is 23.2 Å². The third-order valence-corrected chi connectivity index (χ3v) is 9.69. The van der Waals surface area contributed by atoms with Crippen LogP contribution in [0, 0.1) is 0 Å². The van der Waals surface area contributed by atoms with E-state index in [4.69, 9.17) is 4.98 Å². The first kappa shape index (κ1) is 37.5. The zero-order valence-corrected chi connectivity index (χ0v) is 30.2. The molecule has 0 fully saturated rings. The minimum absolute atomic E-state index is 0.177. The molecule has 0 radical (unpaired) electrons. The lowest BCUT2D eigenvalue weighted by atomic mass is 9.90. The molecule has 1 aliphatic carbocycles. The van der Waals surface area contributed by atoms with Crippen LogP contribution < -0.4 is 10.0 Å². The number of anilines is 1. The van der Waals surface area contributed by atoms with Crippen molar-refractivity contribution in [1.82, 2.24) is 14.6 Å². The number of fused-ring (bicyclic) bond motifs is 1. The zero-order chi connectivity index (χ0) is 34.9. The van der Waals surface area contributed by atoms with Crippen molar-refractivity contribution in [1.29, 1.82) is 0 Å². The molecule has 1 aromatic heterocycles. The molecule has 5 aromatic rings. The number of amidine groups is 1. The number of benzene rings is 4. The highest BCUT2D eigenvalue weighted by molar-refractivity contribution is 7.89. The summed E-state index contributed by atoms with van der Waals surface area (Å²) >= 11 is 4.08. The number of aryl methyl sites for hydroxylation is 1. The van der Waals surface area contributed by atoms with Gasteiger partial charge in [-0.3, -0.25) is 14.9 Å². The lowest BCUT2D eigenvalue weighted by molar-refractivity contribution is 0.191. The molecule has 0 aliphatic heterocycles. The Morgan fingerprint density at radius 2 is 1.45 bits per heavy atom. The Balaban J connectivity index is 0.000000528. The van der Waals surface area contributed by atoms with Crippen molar-refractivity contribution >= 4 is 34.2 Å². The molecule has 1 heterocycles. The quantitative estimate of drug-likeness (QED) is 0.0775. The summed E-state index contributed by atoms with van der Waals surface area (Å²) in [5.74, 6) is 0.890. The first-order valence-electron chi connectivity index (χ1n) is 16.7. The van der Waals surface area contributed by atoms with Crippen LogP contribution in [0.3, 0.4) is 0 Å². The Kier molecular flexibility index (Phi) is 15.1. The predicted octanol–water partition coefficient (Wildman–Crippen LogP) is 8.58. The van der Waals surface area contributed by atoms with E-state index in [-0.39, 0.29) is 17.5 Å². The van der Waals surface area contributed by atoms with E-state index in [1.807, 2.05) is 106 Å². The van der Waals surface area contributed by atoms with Crippen LogP contribution in [0.15, 0.2) is 148 Å². The fourth-order valence-corrected chi connectivity index (χ4v) is 6.76. The van der Waals surface area contributed by atoms with Crippen molar-refractivity contribution in [3.8, 4) is 0 Å². The third kappa shape index (κ3) is 11.7.